The van der Waals surface area contributed by atoms with Crippen LogP contribution >= 0.6 is 0 Å². The van der Waals surface area contributed by atoms with Gasteiger partial charge >= 0.3 is 0 Å². The van der Waals surface area contributed by atoms with Crippen LogP contribution in [-0.4, -0.2) is 40.6 Å². The third-order valence-corrected chi connectivity index (χ3v) is 5.45. The predicted molar refractivity (Wildman–Crippen MR) is 106 cm³/mol. The summed E-state index contributed by atoms with van der Waals surface area (Å²) < 4.78 is 7.52. The van der Waals surface area contributed by atoms with Gasteiger partial charge in [0.2, 0.25) is 5.91 Å². The molecule has 140 valence electrons. The van der Waals surface area contributed by atoms with Crippen LogP contribution in [0.1, 0.15) is 30.9 Å². The molecule has 2 aromatic carbocycles. The fourth-order valence-corrected chi connectivity index (χ4v) is 3.90. The number of carbonyl (C=O) groups excluding carboxylic acids is 1. The van der Waals surface area contributed by atoms with Crippen LogP contribution in [0.2, 0.25) is 0 Å². The number of amides is 1. The fourth-order valence-electron chi connectivity index (χ4n) is 3.90. The molecular formula is C22H25N3O2. The Kier molecular flexibility index (Phi) is 5.10. The van der Waals surface area contributed by atoms with E-state index in [-0.39, 0.29) is 5.91 Å². The van der Waals surface area contributed by atoms with Crippen LogP contribution < -0.4 is 4.74 Å². The summed E-state index contributed by atoms with van der Waals surface area (Å²) in [5.41, 5.74) is 3.36. The SMILES string of the molecule is COc1cccc(CCC(=O)N2CCC(n3cnc4ccccc43)CC2)c1. The number of hydrogen-bond donors (Lipinski definition) is 0. The average molecular weight is 363 g/mol. The highest BCUT2D eigenvalue weighted by Crippen LogP contribution is 2.27. The van der Waals surface area contributed by atoms with Gasteiger partial charge in [-0.1, -0.05) is 24.3 Å². The Hall–Kier alpha value is -2.82. The van der Waals surface area contributed by atoms with Gasteiger partial charge in [0.05, 0.1) is 24.5 Å². The van der Waals surface area contributed by atoms with E-state index in [1.807, 2.05) is 47.6 Å². The molecule has 1 fully saturated rings. The van der Waals surface area contributed by atoms with E-state index in [1.54, 1.807) is 7.11 Å². The third-order valence-electron chi connectivity index (χ3n) is 5.45. The second kappa shape index (κ2) is 7.82. The number of aryl methyl sites for hydroxylation is 1. The van der Waals surface area contributed by atoms with Crippen molar-refractivity contribution in [2.24, 2.45) is 0 Å². The second-order valence-electron chi connectivity index (χ2n) is 7.10. The van der Waals surface area contributed by atoms with Gasteiger partial charge in [0, 0.05) is 25.6 Å². The maximum Gasteiger partial charge on any atom is 0.222 e. The first-order chi connectivity index (χ1) is 13.2. The van der Waals surface area contributed by atoms with Crippen molar-refractivity contribution in [3.8, 4) is 5.75 Å². The van der Waals surface area contributed by atoms with Crippen molar-refractivity contribution in [2.75, 3.05) is 20.2 Å². The van der Waals surface area contributed by atoms with E-state index in [2.05, 4.69) is 21.7 Å². The molecule has 5 nitrogen and oxygen atoms in total. The van der Waals surface area contributed by atoms with Crippen LogP contribution in [0.4, 0.5) is 0 Å². The summed E-state index contributed by atoms with van der Waals surface area (Å²) in [5.74, 6) is 1.08. The number of imidazole rings is 1. The van der Waals surface area contributed by atoms with Gasteiger partial charge in [-0.25, -0.2) is 4.98 Å². The van der Waals surface area contributed by atoms with Crippen molar-refractivity contribution in [1.29, 1.82) is 0 Å². The average Bonchev–Trinajstić information content (AvgIpc) is 3.16. The first kappa shape index (κ1) is 17.6. The predicted octanol–water partition coefficient (Wildman–Crippen LogP) is 3.84. The molecular weight excluding hydrogens is 338 g/mol. The molecule has 1 saturated heterocycles. The summed E-state index contributed by atoms with van der Waals surface area (Å²) in [6, 6.07) is 16.6. The van der Waals surface area contributed by atoms with E-state index in [0.29, 0.717) is 12.5 Å². The molecule has 5 heteroatoms. The lowest BCUT2D eigenvalue weighted by molar-refractivity contribution is -0.132. The smallest absolute Gasteiger partial charge is 0.222 e. The molecule has 1 amide bonds. The van der Waals surface area contributed by atoms with Crippen LogP contribution in [0.25, 0.3) is 11.0 Å². The maximum absolute atomic E-state index is 12.6. The Morgan fingerprint density at radius 1 is 1.15 bits per heavy atom. The molecule has 3 aromatic rings. The van der Waals surface area contributed by atoms with Crippen molar-refractivity contribution in [3.05, 3.63) is 60.4 Å². The fraction of sp³-hybridized carbons (Fsp3) is 0.364. The Balaban J connectivity index is 1.32. The summed E-state index contributed by atoms with van der Waals surface area (Å²) in [7, 11) is 1.66. The van der Waals surface area contributed by atoms with Crippen LogP contribution in [0.15, 0.2) is 54.9 Å². The molecule has 0 spiro atoms. The van der Waals surface area contributed by atoms with Crippen molar-refractivity contribution in [1.82, 2.24) is 14.5 Å². The van der Waals surface area contributed by atoms with Crippen molar-refractivity contribution in [3.63, 3.8) is 0 Å². The summed E-state index contributed by atoms with van der Waals surface area (Å²) in [5, 5.41) is 0. The van der Waals surface area contributed by atoms with Crippen molar-refractivity contribution < 1.29 is 9.53 Å². The number of methoxy groups -OCH3 is 1. The number of likely N-dealkylation sites (tertiary alicyclic amines) is 1. The van der Waals surface area contributed by atoms with Crippen molar-refractivity contribution >= 4 is 16.9 Å². The van der Waals surface area contributed by atoms with Gasteiger partial charge in [0.25, 0.3) is 0 Å². The standard InChI is InChI=1S/C22H25N3O2/c1-27-19-6-4-5-17(15-19)9-10-22(26)24-13-11-18(12-14-24)25-16-23-20-7-2-3-8-21(20)25/h2-8,15-16,18H,9-14H2,1H3. The van der Waals surface area contributed by atoms with Gasteiger partial charge in [-0.3, -0.25) is 4.79 Å². The van der Waals surface area contributed by atoms with E-state index in [1.165, 1.54) is 5.52 Å². The lowest BCUT2D eigenvalue weighted by atomic mass is 10.0. The summed E-state index contributed by atoms with van der Waals surface area (Å²) >= 11 is 0. The van der Waals surface area contributed by atoms with E-state index in [4.69, 9.17) is 4.74 Å². The molecule has 0 radical (unpaired) electrons. The molecule has 0 unspecified atom stereocenters. The molecule has 0 saturated carbocycles. The van der Waals surface area contributed by atoms with E-state index in [0.717, 1.165) is 49.2 Å². The molecule has 1 aromatic heterocycles. The van der Waals surface area contributed by atoms with Gasteiger partial charge in [-0.15, -0.1) is 0 Å². The summed E-state index contributed by atoms with van der Waals surface area (Å²) in [4.78, 5) is 19.1. The lowest BCUT2D eigenvalue weighted by Gasteiger charge is -2.33. The summed E-state index contributed by atoms with van der Waals surface area (Å²) in [6.45, 7) is 1.63. The number of piperidine rings is 1. The number of nitrogens with zero attached hydrogens (tertiary/aromatic N) is 3. The van der Waals surface area contributed by atoms with Gasteiger partial charge in [-0.2, -0.15) is 0 Å². The number of aromatic nitrogens is 2. The van der Waals surface area contributed by atoms with E-state index in [9.17, 15) is 4.79 Å². The number of ether oxygens (including phenoxy) is 1. The Morgan fingerprint density at radius 3 is 2.78 bits per heavy atom. The van der Waals surface area contributed by atoms with E-state index >= 15 is 0 Å². The minimum atomic E-state index is 0.242. The Bertz CT molecular complexity index is 926. The van der Waals surface area contributed by atoms with Crippen LogP contribution in [0, 0.1) is 0 Å². The molecule has 2 heterocycles. The van der Waals surface area contributed by atoms with Crippen LogP contribution in [0.3, 0.4) is 0 Å². The minimum Gasteiger partial charge on any atom is -0.497 e. The number of benzene rings is 2. The minimum absolute atomic E-state index is 0.242. The highest BCUT2D eigenvalue weighted by atomic mass is 16.5. The Labute approximate surface area is 159 Å². The molecule has 0 aliphatic carbocycles. The first-order valence-electron chi connectivity index (χ1n) is 9.57. The first-order valence-corrected chi connectivity index (χ1v) is 9.57. The Morgan fingerprint density at radius 2 is 1.96 bits per heavy atom. The largest absolute Gasteiger partial charge is 0.497 e. The second-order valence-corrected chi connectivity index (χ2v) is 7.10. The zero-order valence-electron chi connectivity index (χ0n) is 15.7. The molecule has 0 N–H and O–H groups in total. The molecule has 1 aliphatic heterocycles. The quantitative estimate of drug-likeness (QED) is 0.692. The monoisotopic (exact) mass is 363 g/mol. The zero-order valence-corrected chi connectivity index (χ0v) is 15.7. The lowest BCUT2D eigenvalue weighted by Crippen LogP contribution is -2.39. The highest BCUT2D eigenvalue weighted by Gasteiger charge is 2.24. The summed E-state index contributed by atoms with van der Waals surface area (Å²) in [6.07, 6.45) is 5.19. The maximum atomic E-state index is 12.6. The normalized spacial score (nSPS) is 15.2. The van der Waals surface area contributed by atoms with Crippen molar-refractivity contribution in [2.45, 2.75) is 31.7 Å². The zero-order chi connectivity index (χ0) is 18.6. The topological polar surface area (TPSA) is 47.4 Å². The van der Waals surface area contributed by atoms with Gasteiger partial charge < -0.3 is 14.2 Å². The highest BCUT2D eigenvalue weighted by molar-refractivity contribution is 5.77. The number of fused-ring (bicyclic) bond motifs is 1. The van der Waals surface area contributed by atoms with Gasteiger partial charge in [0.15, 0.2) is 0 Å². The van der Waals surface area contributed by atoms with Crippen LogP contribution in [0.5, 0.6) is 5.75 Å². The van der Waals surface area contributed by atoms with Crippen LogP contribution in [-0.2, 0) is 11.2 Å². The number of hydrogen-bond acceptors (Lipinski definition) is 3. The molecule has 0 atom stereocenters. The molecule has 1 aliphatic rings. The number of rotatable bonds is 5. The molecule has 27 heavy (non-hydrogen) atoms. The number of carbonyl (C=O) groups is 1. The molecule has 4 rings (SSSR count). The van der Waals surface area contributed by atoms with Gasteiger partial charge in [0.1, 0.15) is 5.75 Å². The van der Waals surface area contributed by atoms with E-state index < -0.39 is 0 Å². The number of para-hydroxylation sites is 2. The molecule has 0 bridgehead atoms. The van der Waals surface area contributed by atoms with Gasteiger partial charge in [-0.05, 0) is 49.1 Å². The third kappa shape index (κ3) is 3.82.